The minimum atomic E-state index is -1.02. The highest BCUT2D eigenvalue weighted by Gasteiger charge is 2.11. The summed E-state index contributed by atoms with van der Waals surface area (Å²) in [6.45, 7) is 0. The maximum absolute atomic E-state index is 10.9. The second kappa shape index (κ2) is 4.86. The normalized spacial score (nSPS) is 10.7. The van der Waals surface area contributed by atoms with Gasteiger partial charge >= 0.3 is 12.0 Å². The van der Waals surface area contributed by atoms with Gasteiger partial charge in [0.25, 0.3) is 0 Å². The molecule has 5 nitrogen and oxygen atoms in total. The van der Waals surface area contributed by atoms with Crippen molar-refractivity contribution in [1.82, 2.24) is 4.98 Å². The van der Waals surface area contributed by atoms with Gasteiger partial charge in [-0.25, -0.2) is 4.79 Å². The summed E-state index contributed by atoms with van der Waals surface area (Å²) in [5.41, 5.74) is 1.01. The summed E-state index contributed by atoms with van der Waals surface area (Å²) in [4.78, 5) is 15.0. The maximum Gasteiger partial charge on any atom is 0.400 e. The van der Waals surface area contributed by atoms with Crippen molar-refractivity contribution in [3.05, 3.63) is 53.1 Å². The van der Waals surface area contributed by atoms with Crippen molar-refractivity contribution < 1.29 is 19.1 Å². The van der Waals surface area contributed by atoms with E-state index < -0.39 is 5.97 Å². The van der Waals surface area contributed by atoms with E-state index in [0.717, 1.165) is 0 Å². The zero-order valence-corrected chi connectivity index (χ0v) is 10.8. The van der Waals surface area contributed by atoms with E-state index in [2.05, 4.69) is 4.98 Å². The van der Waals surface area contributed by atoms with Gasteiger partial charge in [0.15, 0.2) is 5.58 Å². The number of rotatable bonds is 3. The molecule has 1 N–H and O–H groups in total. The van der Waals surface area contributed by atoms with E-state index in [1.54, 1.807) is 30.3 Å². The first-order valence-electron chi connectivity index (χ1n) is 5.69. The van der Waals surface area contributed by atoms with Crippen LogP contribution in [-0.4, -0.2) is 16.1 Å². The Morgan fingerprint density at radius 1 is 1.20 bits per heavy atom. The lowest BCUT2D eigenvalue weighted by Crippen LogP contribution is -1.94. The molecule has 0 saturated heterocycles. The molecule has 3 aromatic rings. The Kier molecular flexibility index (Phi) is 3.04. The summed E-state index contributed by atoms with van der Waals surface area (Å²) in [5, 5.41) is 9.50. The molecule has 0 bridgehead atoms. The van der Waals surface area contributed by atoms with Gasteiger partial charge in [-0.3, -0.25) is 0 Å². The highest BCUT2D eigenvalue weighted by atomic mass is 35.5. The zero-order valence-electron chi connectivity index (χ0n) is 10.0. The average Bonchev–Trinajstić information content (AvgIpc) is 2.82. The molecule has 0 unspecified atom stereocenters. The van der Waals surface area contributed by atoms with Crippen molar-refractivity contribution in [3.63, 3.8) is 0 Å². The summed E-state index contributed by atoms with van der Waals surface area (Å²) < 4.78 is 10.8. The quantitative estimate of drug-likeness (QED) is 0.789. The van der Waals surface area contributed by atoms with E-state index in [9.17, 15) is 4.79 Å². The minimum absolute atomic E-state index is 0.0462. The number of hydrogen-bond acceptors (Lipinski definition) is 4. The van der Waals surface area contributed by atoms with Gasteiger partial charge in [0.2, 0.25) is 0 Å². The first-order valence-corrected chi connectivity index (χ1v) is 6.07. The molecular formula is C14H8ClNO4. The van der Waals surface area contributed by atoms with Crippen molar-refractivity contribution in [3.8, 4) is 11.8 Å². The SMILES string of the molecule is O=C(O)c1ccc2nc(Oc3ccc(Cl)cc3)oc2c1. The van der Waals surface area contributed by atoms with E-state index in [4.69, 9.17) is 25.9 Å². The number of ether oxygens (including phenoxy) is 1. The molecular weight excluding hydrogens is 282 g/mol. The molecule has 0 spiro atoms. The molecule has 2 aromatic carbocycles. The molecule has 0 radical (unpaired) electrons. The van der Waals surface area contributed by atoms with Gasteiger partial charge in [-0.2, -0.15) is 4.98 Å². The Morgan fingerprint density at radius 2 is 1.95 bits per heavy atom. The molecule has 0 saturated carbocycles. The maximum atomic E-state index is 10.9. The summed E-state index contributed by atoms with van der Waals surface area (Å²) in [7, 11) is 0. The Morgan fingerprint density at radius 3 is 2.65 bits per heavy atom. The lowest BCUT2D eigenvalue weighted by Gasteiger charge is -1.99. The highest BCUT2D eigenvalue weighted by Crippen LogP contribution is 2.26. The standard InChI is InChI=1S/C14H8ClNO4/c15-9-2-4-10(5-3-9)19-14-16-11-6-1-8(13(17)18)7-12(11)20-14/h1-7H,(H,17,18). The second-order valence-corrected chi connectivity index (χ2v) is 4.46. The van der Waals surface area contributed by atoms with E-state index >= 15 is 0 Å². The number of fused-ring (bicyclic) bond motifs is 1. The predicted molar refractivity (Wildman–Crippen MR) is 72.5 cm³/mol. The molecule has 1 heterocycles. The molecule has 0 aliphatic rings. The van der Waals surface area contributed by atoms with Crippen molar-refractivity contribution in [1.29, 1.82) is 0 Å². The van der Waals surface area contributed by atoms with E-state index in [0.29, 0.717) is 21.9 Å². The molecule has 0 aliphatic heterocycles. The van der Waals surface area contributed by atoms with Crippen molar-refractivity contribution in [2.75, 3.05) is 0 Å². The Labute approximate surface area is 118 Å². The van der Waals surface area contributed by atoms with Gasteiger partial charge in [-0.15, -0.1) is 0 Å². The van der Waals surface area contributed by atoms with Gasteiger partial charge in [0.05, 0.1) is 5.56 Å². The number of aromatic nitrogens is 1. The first kappa shape index (κ1) is 12.5. The van der Waals surface area contributed by atoms with Crippen LogP contribution in [0.15, 0.2) is 46.9 Å². The monoisotopic (exact) mass is 289 g/mol. The minimum Gasteiger partial charge on any atom is -0.478 e. The van der Waals surface area contributed by atoms with Crippen LogP contribution in [-0.2, 0) is 0 Å². The van der Waals surface area contributed by atoms with Crippen molar-refractivity contribution >= 4 is 28.7 Å². The Bertz CT molecular complexity index is 779. The highest BCUT2D eigenvalue weighted by molar-refractivity contribution is 6.30. The zero-order chi connectivity index (χ0) is 14.1. The molecule has 6 heteroatoms. The first-order chi connectivity index (χ1) is 9.61. The fraction of sp³-hybridized carbons (Fsp3) is 0. The summed E-state index contributed by atoms with van der Waals surface area (Å²) >= 11 is 5.78. The molecule has 0 fully saturated rings. The number of halogens is 1. The number of benzene rings is 2. The van der Waals surface area contributed by atoms with Gasteiger partial charge in [0.1, 0.15) is 11.3 Å². The van der Waals surface area contributed by atoms with Crippen LogP contribution in [0, 0.1) is 0 Å². The summed E-state index contributed by atoms with van der Waals surface area (Å²) in [6.07, 6.45) is 0.0462. The number of carboxylic acids is 1. The van der Waals surface area contributed by atoms with Gasteiger partial charge < -0.3 is 14.3 Å². The molecule has 1 aromatic heterocycles. The van der Waals surface area contributed by atoms with Gasteiger partial charge in [0, 0.05) is 5.02 Å². The number of nitrogens with zero attached hydrogens (tertiary/aromatic N) is 1. The Hall–Kier alpha value is -2.53. The topological polar surface area (TPSA) is 72.6 Å². The second-order valence-electron chi connectivity index (χ2n) is 4.02. The summed E-state index contributed by atoms with van der Waals surface area (Å²) in [6, 6.07) is 11.2. The van der Waals surface area contributed by atoms with Crippen LogP contribution in [0.3, 0.4) is 0 Å². The predicted octanol–water partition coefficient (Wildman–Crippen LogP) is 3.97. The fourth-order valence-corrected chi connectivity index (χ4v) is 1.81. The van der Waals surface area contributed by atoms with E-state index in [1.165, 1.54) is 12.1 Å². The fourth-order valence-electron chi connectivity index (χ4n) is 1.68. The lowest BCUT2D eigenvalue weighted by atomic mass is 10.2. The number of carbonyl (C=O) groups is 1. The molecule has 3 rings (SSSR count). The molecule has 0 atom stereocenters. The van der Waals surface area contributed by atoms with Crippen LogP contribution < -0.4 is 4.74 Å². The van der Waals surface area contributed by atoms with E-state index in [-0.39, 0.29) is 11.6 Å². The van der Waals surface area contributed by atoms with Crippen LogP contribution in [0.5, 0.6) is 11.8 Å². The van der Waals surface area contributed by atoms with Crippen LogP contribution in [0.4, 0.5) is 0 Å². The molecule has 100 valence electrons. The largest absolute Gasteiger partial charge is 0.478 e. The van der Waals surface area contributed by atoms with E-state index in [1.807, 2.05) is 0 Å². The van der Waals surface area contributed by atoms with Crippen LogP contribution in [0.2, 0.25) is 5.02 Å². The number of carboxylic acid groups (broad SMARTS) is 1. The summed E-state index contributed by atoms with van der Waals surface area (Å²) in [5.74, 6) is -0.497. The molecule has 0 amide bonds. The van der Waals surface area contributed by atoms with Crippen LogP contribution >= 0.6 is 11.6 Å². The van der Waals surface area contributed by atoms with Crippen molar-refractivity contribution in [2.45, 2.75) is 0 Å². The molecule has 20 heavy (non-hydrogen) atoms. The number of oxazole rings is 1. The third-order valence-electron chi connectivity index (χ3n) is 2.63. The third kappa shape index (κ3) is 2.44. The lowest BCUT2D eigenvalue weighted by molar-refractivity contribution is 0.0697. The van der Waals surface area contributed by atoms with Gasteiger partial charge in [-0.05, 0) is 42.5 Å². The van der Waals surface area contributed by atoms with Crippen LogP contribution in [0.25, 0.3) is 11.1 Å². The number of aromatic carboxylic acids is 1. The number of hydrogen-bond donors (Lipinski definition) is 1. The van der Waals surface area contributed by atoms with Gasteiger partial charge in [-0.1, -0.05) is 11.6 Å². The molecule has 0 aliphatic carbocycles. The van der Waals surface area contributed by atoms with Crippen molar-refractivity contribution in [2.24, 2.45) is 0 Å². The van der Waals surface area contributed by atoms with Crippen LogP contribution in [0.1, 0.15) is 10.4 Å². The Balaban J connectivity index is 1.92. The smallest absolute Gasteiger partial charge is 0.400 e. The third-order valence-corrected chi connectivity index (χ3v) is 2.89. The average molecular weight is 290 g/mol.